The van der Waals surface area contributed by atoms with Gasteiger partial charge in [0, 0.05) is 22.6 Å². The first-order valence-electron chi connectivity index (χ1n) is 7.23. The SMILES string of the molecule is Cc1cccc(Oc2ccc(Br)cc2CNC(C)C)c1C. The zero-order chi connectivity index (χ0) is 15.4. The molecule has 0 fully saturated rings. The molecule has 2 aromatic rings. The highest BCUT2D eigenvalue weighted by Crippen LogP contribution is 2.31. The monoisotopic (exact) mass is 347 g/mol. The Labute approximate surface area is 135 Å². The first-order valence-corrected chi connectivity index (χ1v) is 8.02. The third-order valence-electron chi connectivity index (χ3n) is 3.50. The summed E-state index contributed by atoms with van der Waals surface area (Å²) < 4.78 is 7.21. The van der Waals surface area contributed by atoms with Crippen LogP contribution in [0.3, 0.4) is 0 Å². The lowest BCUT2D eigenvalue weighted by Gasteiger charge is -2.16. The highest BCUT2D eigenvalue weighted by atomic mass is 79.9. The van der Waals surface area contributed by atoms with Crippen LogP contribution in [0.25, 0.3) is 0 Å². The van der Waals surface area contributed by atoms with Crippen molar-refractivity contribution >= 4 is 15.9 Å². The molecule has 0 aromatic heterocycles. The molecular weight excluding hydrogens is 326 g/mol. The normalized spacial score (nSPS) is 11.0. The van der Waals surface area contributed by atoms with Crippen LogP contribution in [0.5, 0.6) is 11.5 Å². The minimum absolute atomic E-state index is 0.442. The van der Waals surface area contributed by atoms with E-state index in [4.69, 9.17) is 4.74 Å². The number of halogens is 1. The third-order valence-corrected chi connectivity index (χ3v) is 3.99. The van der Waals surface area contributed by atoms with Crippen molar-refractivity contribution in [2.75, 3.05) is 0 Å². The van der Waals surface area contributed by atoms with Crippen molar-refractivity contribution in [3.05, 3.63) is 57.6 Å². The lowest BCUT2D eigenvalue weighted by molar-refractivity contribution is 0.465. The molecule has 0 amide bonds. The molecule has 0 spiro atoms. The Balaban J connectivity index is 2.28. The van der Waals surface area contributed by atoms with E-state index >= 15 is 0 Å². The minimum Gasteiger partial charge on any atom is -0.457 e. The van der Waals surface area contributed by atoms with Gasteiger partial charge >= 0.3 is 0 Å². The number of nitrogens with one attached hydrogen (secondary N) is 1. The molecule has 0 saturated heterocycles. The second-order valence-electron chi connectivity index (χ2n) is 5.59. The Morgan fingerprint density at radius 1 is 1.10 bits per heavy atom. The Hall–Kier alpha value is -1.32. The third kappa shape index (κ3) is 4.32. The average molecular weight is 348 g/mol. The van der Waals surface area contributed by atoms with E-state index in [2.05, 4.69) is 61.1 Å². The lowest BCUT2D eigenvalue weighted by atomic mass is 10.1. The smallest absolute Gasteiger partial charge is 0.132 e. The lowest BCUT2D eigenvalue weighted by Crippen LogP contribution is -2.22. The molecule has 21 heavy (non-hydrogen) atoms. The highest BCUT2D eigenvalue weighted by Gasteiger charge is 2.09. The molecule has 1 N–H and O–H groups in total. The summed E-state index contributed by atoms with van der Waals surface area (Å²) in [4.78, 5) is 0. The van der Waals surface area contributed by atoms with E-state index in [1.165, 1.54) is 11.1 Å². The standard InChI is InChI=1S/C18H22BrNO/c1-12(2)20-11-15-10-16(19)8-9-18(15)21-17-7-5-6-13(3)14(17)4/h5-10,12,20H,11H2,1-4H3. The number of benzene rings is 2. The van der Waals surface area contributed by atoms with Crippen LogP contribution < -0.4 is 10.1 Å². The first-order chi connectivity index (χ1) is 9.97. The predicted molar refractivity (Wildman–Crippen MR) is 92.1 cm³/mol. The fraction of sp³-hybridized carbons (Fsp3) is 0.333. The van der Waals surface area contributed by atoms with Gasteiger partial charge < -0.3 is 10.1 Å². The summed E-state index contributed by atoms with van der Waals surface area (Å²) in [6, 6.07) is 12.7. The molecule has 0 heterocycles. The molecule has 0 unspecified atom stereocenters. The van der Waals surface area contributed by atoms with Gasteiger partial charge in [0.1, 0.15) is 11.5 Å². The molecule has 0 saturated carbocycles. The second-order valence-corrected chi connectivity index (χ2v) is 6.50. The van der Waals surface area contributed by atoms with Gasteiger partial charge in [-0.1, -0.05) is 41.9 Å². The summed E-state index contributed by atoms with van der Waals surface area (Å²) in [5.74, 6) is 1.82. The van der Waals surface area contributed by atoms with Crippen LogP contribution in [0, 0.1) is 13.8 Å². The minimum atomic E-state index is 0.442. The van der Waals surface area contributed by atoms with Gasteiger partial charge in [0.15, 0.2) is 0 Å². The highest BCUT2D eigenvalue weighted by molar-refractivity contribution is 9.10. The van der Waals surface area contributed by atoms with E-state index in [1.807, 2.05) is 24.3 Å². The first kappa shape index (κ1) is 16.1. The van der Waals surface area contributed by atoms with E-state index in [1.54, 1.807) is 0 Å². The van der Waals surface area contributed by atoms with E-state index in [9.17, 15) is 0 Å². The molecule has 0 aliphatic heterocycles. The molecule has 0 atom stereocenters. The zero-order valence-electron chi connectivity index (χ0n) is 13.0. The summed E-state index contributed by atoms with van der Waals surface area (Å²) in [5, 5.41) is 3.44. The summed E-state index contributed by atoms with van der Waals surface area (Å²) in [5.41, 5.74) is 3.58. The fourth-order valence-corrected chi connectivity index (χ4v) is 2.46. The number of hydrogen-bond donors (Lipinski definition) is 1. The predicted octanol–water partition coefficient (Wildman–Crippen LogP) is 5.36. The summed E-state index contributed by atoms with van der Waals surface area (Å²) in [7, 11) is 0. The summed E-state index contributed by atoms with van der Waals surface area (Å²) >= 11 is 3.53. The molecular formula is C18H22BrNO. The maximum Gasteiger partial charge on any atom is 0.132 e. The fourth-order valence-electron chi connectivity index (χ4n) is 2.05. The summed E-state index contributed by atoms with van der Waals surface area (Å²) in [6.07, 6.45) is 0. The Morgan fingerprint density at radius 3 is 2.57 bits per heavy atom. The van der Waals surface area contributed by atoms with Gasteiger partial charge in [-0.05, 0) is 49.2 Å². The number of ether oxygens (including phenoxy) is 1. The van der Waals surface area contributed by atoms with Gasteiger partial charge in [-0.25, -0.2) is 0 Å². The molecule has 2 nitrogen and oxygen atoms in total. The van der Waals surface area contributed by atoms with Crippen LogP contribution in [-0.2, 0) is 6.54 Å². The van der Waals surface area contributed by atoms with Crippen molar-refractivity contribution in [3.63, 3.8) is 0 Å². The Bertz CT molecular complexity index is 623. The maximum atomic E-state index is 6.15. The van der Waals surface area contributed by atoms with Crippen molar-refractivity contribution in [1.29, 1.82) is 0 Å². The largest absolute Gasteiger partial charge is 0.457 e. The van der Waals surface area contributed by atoms with Crippen molar-refractivity contribution in [2.24, 2.45) is 0 Å². The van der Waals surface area contributed by atoms with E-state index in [-0.39, 0.29) is 0 Å². The number of hydrogen-bond acceptors (Lipinski definition) is 2. The zero-order valence-corrected chi connectivity index (χ0v) is 14.6. The van der Waals surface area contributed by atoms with E-state index in [0.29, 0.717) is 6.04 Å². The van der Waals surface area contributed by atoms with Crippen molar-refractivity contribution in [3.8, 4) is 11.5 Å². The average Bonchev–Trinajstić information content (AvgIpc) is 2.43. The van der Waals surface area contributed by atoms with Gasteiger partial charge in [0.05, 0.1) is 0 Å². The summed E-state index contributed by atoms with van der Waals surface area (Å²) in [6.45, 7) is 9.27. The maximum absolute atomic E-state index is 6.15. The Kier molecular flexibility index (Phi) is 5.43. The van der Waals surface area contributed by atoms with Crippen LogP contribution in [0.1, 0.15) is 30.5 Å². The molecule has 2 aromatic carbocycles. The molecule has 112 valence electrons. The molecule has 0 bridgehead atoms. The number of aryl methyl sites for hydroxylation is 1. The van der Waals surface area contributed by atoms with Gasteiger partial charge in [0.2, 0.25) is 0 Å². The van der Waals surface area contributed by atoms with Crippen LogP contribution in [0.15, 0.2) is 40.9 Å². The van der Waals surface area contributed by atoms with Gasteiger partial charge in [-0.2, -0.15) is 0 Å². The van der Waals surface area contributed by atoms with Crippen molar-refractivity contribution in [2.45, 2.75) is 40.3 Å². The van der Waals surface area contributed by atoms with E-state index in [0.717, 1.165) is 28.1 Å². The van der Waals surface area contributed by atoms with Crippen LogP contribution >= 0.6 is 15.9 Å². The Morgan fingerprint density at radius 2 is 1.86 bits per heavy atom. The molecule has 3 heteroatoms. The van der Waals surface area contributed by atoms with Gasteiger partial charge in [0.25, 0.3) is 0 Å². The van der Waals surface area contributed by atoms with E-state index < -0.39 is 0 Å². The molecule has 2 rings (SSSR count). The molecule has 0 aliphatic rings. The van der Waals surface area contributed by atoms with Crippen LogP contribution in [0.4, 0.5) is 0 Å². The molecule has 0 aliphatic carbocycles. The van der Waals surface area contributed by atoms with Gasteiger partial charge in [-0.3, -0.25) is 0 Å². The van der Waals surface area contributed by atoms with Crippen molar-refractivity contribution in [1.82, 2.24) is 5.32 Å². The number of rotatable bonds is 5. The van der Waals surface area contributed by atoms with Gasteiger partial charge in [-0.15, -0.1) is 0 Å². The topological polar surface area (TPSA) is 21.3 Å². The van der Waals surface area contributed by atoms with Crippen molar-refractivity contribution < 1.29 is 4.74 Å². The quantitative estimate of drug-likeness (QED) is 0.786. The van der Waals surface area contributed by atoms with Crippen LogP contribution in [-0.4, -0.2) is 6.04 Å². The second kappa shape index (κ2) is 7.10. The molecule has 0 radical (unpaired) electrons. The van der Waals surface area contributed by atoms with Crippen LogP contribution in [0.2, 0.25) is 0 Å².